The van der Waals surface area contributed by atoms with E-state index in [-0.39, 0.29) is 24.5 Å². The maximum absolute atomic E-state index is 14.5. The van der Waals surface area contributed by atoms with Gasteiger partial charge in [-0.1, -0.05) is 25.1 Å². The molecule has 0 radical (unpaired) electrons. The predicted molar refractivity (Wildman–Crippen MR) is 108 cm³/mol. The van der Waals surface area contributed by atoms with Crippen LogP contribution in [0.5, 0.6) is 0 Å². The van der Waals surface area contributed by atoms with Crippen molar-refractivity contribution in [2.45, 2.75) is 32.0 Å². The Morgan fingerprint density at radius 2 is 1.89 bits per heavy atom. The van der Waals surface area contributed by atoms with E-state index in [0.29, 0.717) is 24.0 Å². The summed E-state index contributed by atoms with van der Waals surface area (Å²) in [6.07, 6.45) is -0.365. The van der Waals surface area contributed by atoms with Crippen LogP contribution in [0.25, 0.3) is 11.0 Å². The average Bonchev–Trinajstić information content (AvgIpc) is 2.90. The second kappa shape index (κ2) is 9.32. The number of hydrogen-bond donors (Lipinski definition) is 2. The highest BCUT2D eigenvalue weighted by Crippen LogP contribution is 2.27. The molecule has 2 N–H and O–H groups in total. The van der Waals surface area contributed by atoms with Crippen molar-refractivity contribution in [2.75, 3.05) is 13.6 Å². The Labute approximate surface area is 168 Å². The van der Waals surface area contributed by atoms with Crippen LogP contribution in [0.3, 0.4) is 0 Å². The minimum atomic E-state index is -1.02. The fourth-order valence-corrected chi connectivity index (χ4v) is 3.55. The zero-order valence-electron chi connectivity index (χ0n) is 15.7. The van der Waals surface area contributed by atoms with Crippen molar-refractivity contribution in [3.63, 3.8) is 0 Å². The number of para-hydroxylation sites is 1. The van der Waals surface area contributed by atoms with Crippen LogP contribution in [0.4, 0.5) is 8.78 Å². The molecule has 28 heavy (non-hydrogen) atoms. The van der Waals surface area contributed by atoms with Crippen molar-refractivity contribution >= 4 is 23.4 Å². The van der Waals surface area contributed by atoms with Gasteiger partial charge < -0.3 is 10.4 Å². The van der Waals surface area contributed by atoms with Crippen LogP contribution in [0.2, 0.25) is 0 Å². The minimum absolute atomic E-state index is 0. The van der Waals surface area contributed by atoms with Gasteiger partial charge in [-0.05, 0) is 43.3 Å². The lowest BCUT2D eigenvalue weighted by Gasteiger charge is -2.25. The molecule has 0 aliphatic rings. The minimum Gasteiger partial charge on any atom is -0.389 e. The summed E-state index contributed by atoms with van der Waals surface area (Å²) in [6, 6.07) is 9.39. The van der Waals surface area contributed by atoms with Crippen molar-refractivity contribution < 1.29 is 13.9 Å². The van der Waals surface area contributed by atoms with Crippen molar-refractivity contribution in [1.29, 1.82) is 0 Å². The monoisotopic (exact) mass is 411 g/mol. The molecule has 1 heterocycles. The highest BCUT2D eigenvalue weighted by Gasteiger charge is 2.29. The second-order valence-corrected chi connectivity index (χ2v) is 6.54. The fraction of sp³-hybridized carbons (Fsp3) is 0.350. The van der Waals surface area contributed by atoms with Gasteiger partial charge in [0.15, 0.2) is 0 Å². The first-order valence-electron chi connectivity index (χ1n) is 8.97. The average molecular weight is 412 g/mol. The van der Waals surface area contributed by atoms with E-state index in [0.717, 1.165) is 0 Å². The van der Waals surface area contributed by atoms with E-state index >= 15 is 0 Å². The summed E-state index contributed by atoms with van der Waals surface area (Å²) in [7, 11) is 1.68. The quantitative estimate of drug-likeness (QED) is 0.628. The van der Waals surface area contributed by atoms with Crippen LogP contribution in [0, 0.1) is 11.6 Å². The zero-order valence-corrected chi connectivity index (χ0v) is 16.5. The molecular weight excluding hydrogens is 388 g/mol. The molecule has 0 unspecified atom stereocenters. The molecule has 8 heteroatoms. The molecule has 3 aromatic rings. The Kier molecular flexibility index (Phi) is 7.35. The highest BCUT2D eigenvalue weighted by atomic mass is 35.5. The third-order valence-electron chi connectivity index (χ3n) is 4.63. The van der Waals surface area contributed by atoms with Crippen LogP contribution >= 0.6 is 12.4 Å². The number of hydrogen-bond acceptors (Lipinski definition) is 3. The molecule has 0 saturated heterocycles. The molecule has 2 aromatic carbocycles. The smallest absolute Gasteiger partial charge is 0.329 e. The Morgan fingerprint density at radius 3 is 2.54 bits per heavy atom. The predicted octanol–water partition coefficient (Wildman–Crippen LogP) is 3.08. The van der Waals surface area contributed by atoms with Gasteiger partial charge in [-0.3, -0.25) is 9.13 Å². The van der Waals surface area contributed by atoms with E-state index in [4.69, 9.17) is 0 Å². The molecule has 2 atom stereocenters. The van der Waals surface area contributed by atoms with Crippen LogP contribution in [-0.2, 0) is 6.54 Å². The Hall–Kier alpha value is -2.22. The first kappa shape index (κ1) is 22.1. The van der Waals surface area contributed by atoms with E-state index in [1.54, 1.807) is 19.2 Å². The first-order valence-corrected chi connectivity index (χ1v) is 8.97. The lowest BCUT2D eigenvalue weighted by atomic mass is 10.0. The summed E-state index contributed by atoms with van der Waals surface area (Å²) in [5, 5.41) is 13.6. The SMILES string of the molecule is CCCn1c(=O)n([C@@H](c2cccc(F)c2)[C@H](O)CNC)c2cccc(F)c21.Cl. The Balaban J connectivity index is 0.00000280. The molecule has 0 amide bonds. The van der Waals surface area contributed by atoms with E-state index in [9.17, 15) is 18.7 Å². The molecular formula is C20H24ClF2N3O2. The molecule has 0 aliphatic heterocycles. The van der Waals surface area contributed by atoms with Crippen LogP contribution in [0.1, 0.15) is 24.9 Å². The Morgan fingerprint density at radius 1 is 1.18 bits per heavy atom. The standard InChI is InChI=1S/C20H23F2N3O2.ClH/c1-3-10-24-19-15(22)8-5-9-16(19)25(20(24)27)18(17(26)12-23-2)13-6-4-7-14(21)11-13;/h4-9,11,17-18,23,26H,3,10,12H2,1-2H3;1H/t17-,18+;/m1./s1. The molecule has 3 rings (SSSR count). The van der Waals surface area contributed by atoms with Gasteiger partial charge in [0, 0.05) is 13.1 Å². The normalized spacial score (nSPS) is 13.3. The summed E-state index contributed by atoms with van der Waals surface area (Å²) >= 11 is 0. The van der Waals surface area contributed by atoms with Gasteiger partial charge in [0.25, 0.3) is 0 Å². The van der Waals surface area contributed by atoms with Gasteiger partial charge in [-0.25, -0.2) is 13.6 Å². The number of benzene rings is 2. The number of rotatable bonds is 7. The van der Waals surface area contributed by atoms with Gasteiger partial charge in [0.1, 0.15) is 17.2 Å². The van der Waals surface area contributed by atoms with E-state index in [1.807, 2.05) is 6.92 Å². The topological polar surface area (TPSA) is 59.2 Å². The molecule has 0 fully saturated rings. The number of aliphatic hydroxyl groups is 1. The second-order valence-electron chi connectivity index (χ2n) is 6.54. The number of halogens is 3. The molecule has 5 nitrogen and oxygen atoms in total. The van der Waals surface area contributed by atoms with Gasteiger partial charge in [-0.15, -0.1) is 12.4 Å². The summed E-state index contributed by atoms with van der Waals surface area (Å²) in [4.78, 5) is 13.2. The lowest BCUT2D eigenvalue weighted by Crippen LogP contribution is -2.38. The molecule has 0 spiro atoms. The molecule has 0 bridgehead atoms. The van der Waals surface area contributed by atoms with Crippen LogP contribution in [0.15, 0.2) is 47.3 Å². The first-order chi connectivity index (χ1) is 13.0. The fourth-order valence-electron chi connectivity index (χ4n) is 3.55. The molecule has 152 valence electrons. The highest BCUT2D eigenvalue weighted by molar-refractivity contribution is 5.85. The van der Waals surface area contributed by atoms with Crippen molar-refractivity contribution in [3.05, 3.63) is 70.1 Å². The third kappa shape index (κ3) is 3.97. The van der Waals surface area contributed by atoms with Crippen molar-refractivity contribution in [1.82, 2.24) is 14.5 Å². The number of aryl methyl sites for hydroxylation is 1. The summed E-state index contributed by atoms with van der Waals surface area (Å²) in [6.45, 7) is 2.43. The van der Waals surface area contributed by atoms with Crippen molar-refractivity contribution in [2.24, 2.45) is 0 Å². The van der Waals surface area contributed by atoms with E-state index < -0.39 is 29.5 Å². The zero-order chi connectivity index (χ0) is 19.6. The number of aromatic nitrogens is 2. The maximum atomic E-state index is 14.5. The summed E-state index contributed by atoms with van der Waals surface area (Å²) < 4.78 is 31.1. The van der Waals surface area contributed by atoms with Gasteiger partial charge in [0.05, 0.1) is 17.7 Å². The molecule has 1 aromatic heterocycles. The number of likely N-dealkylation sites (N-methyl/N-ethyl adjacent to an activating group) is 1. The van der Waals surface area contributed by atoms with Crippen molar-refractivity contribution in [3.8, 4) is 0 Å². The van der Waals surface area contributed by atoms with Gasteiger partial charge >= 0.3 is 5.69 Å². The molecule has 0 aliphatic carbocycles. The summed E-state index contributed by atoms with van der Waals surface area (Å²) in [5.41, 5.74) is 0.585. The molecule has 0 saturated carbocycles. The number of aliphatic hydroxyl groups excluding tert-OH is 1. The lowest BCUT2D eigenvalue weighted by molar-refractivity contribution is 0.130. The van der Waals surface area contributed by atoms with Gasteiger partial charge in [0.2, 0.25) is 0 Å². The number of imidazole rings is 1. The van der Waals surface area contributed by atoms with E-state index in [1.165, 1.54) is 39.5 Å². The number of nitrogens with one attached hydrogen (secondary N) is 1. The van der Waals surface area contributed by atoms with Gasteiger partial charge in [-0.2, -0.15) is 0 Å². The maximum Gasteiger partial charge on any atom is 0.329 e. The summed E-state index contributed by atoms with van der Waals surface area (Å²) in [5.74, 6) is -0.969. The van der Waals surface area contributed by atoms with Crippen LogP contribution < -0.4 is 11.0 Å². The third-order valence-corrected chi connectivity index (χ3v) is 4.63. The van der Waals surface area contributed by atoms with Crippen LogP contribution in [-0.4, -0.2) is 33.9 Å². The largest absolute Gasteiger partial charge is 0.389 e. The number of nitrogens with zero attached hydrogens (tertiary/aromatic N) is 2. The number of fused-ring (bicyclic) bond motifs is 1. The Bertz CT molecular complexity index is 1000. The van der Waals surface area contributed by atoms with E-state index in [2.05, 4.69) is 5.32 Å².